The highest BCUT2D eigenvalue weighted by molar-refractivity contribution is 7.89. The number of sulfonamides is 1. The molecule has 0 atom stereocenters. The van der Waals surface area contributed by atoms with Gasteiger partial charge < -0.3 is 15.1 Å². The number of hydrogen-bond donors (Lipinski definition) is 3. The molecule has 2 aromatic carbocycles. The molecule has 9 heteroatoms. The normalized spacial score (nSPS) is 11.1. The molecule has 0 aliphatic carbocycles. The summed E-state index contributed by atoms with van der Waals surface area (Å²) >= 11 is 0. The first-order valence-electron chi connectivity index (χ1n) is 8.64. The van der Waals surface area contributed by atoms with Crippen LogP contribution in [0.2, 0.25) is 0 Å². The molecule has 0 aliphatic heterocycles. The number of anilines is 2. The van der Waals surface area contributed by atoms with E-state index in [0.29, 0.717) is 17.1 Å². The smallest absolute Gasteiger partial charge is 0.255 e. The van der Waals surface area contributed by atoms with Crippen molar-refractivity contribution in [2.24, 2.45) is 0 Å². The Hall–Kier alpha value is -3.43. The van der Waals surface area contributed by atoms with Gasteiger partial charge in [0.15, 0.2) is 0 Å². The van der Waals surface area contributed by atoms with Gasteiger partial charge >= 0.3 is 0 Å². The zero-order chi connectivity index (χ0) is 20.9. The van der Waals surface area contributed by atoms with E-state index in [2.05, 4.69) is 15.4 Å². The van der Waals surface area contributed by atoms with Crippen molar-refractivity contribution < 1.29 is 22.4 Å². The third-order valence-corrected chi connectivity index (χ3v) is 5.29. The first kappa shape index (κ1) is 20.3. The van der Waals surface area contributed by atoms with Crippen molar-refractivity contribution in [1.29, 1.82) is 0 Å². The Morgan fingerprint density at radius 1 is 0.931 bits per heavy atom. The summed E-state index contributed by atoms with van der Waals surface area (Å²) in [4.78, 5) is 23.5. The van der Waals surface area contributed by atoms with Gasteiger partial charge in [0, 0.05) is 23.9 Å². The minimum absolute atomic E-state index is 0.00635. The number of carbonyl (C=O) groups is 2. The van der Waals surface area contributed by atoms with Crippen LogP contribution in [0.1, 0.15) is 23.0 Å². The average molecular weight is 413 g/mol. The molecule has 0 saturated carbocycles. The van der Waals surface area contributed by atoms with Crippen LogP contribution < -0.4 is 15.4 Å². The monoisotopic (exact) mass is 413 g/mol. The molecule has 150 valence electrons. The van der Waals surface area contributed by atoms with Crippen LogP contribution in [-0.2, 0) is 21.4 Å². The third-order valence-electron chi connectivity index (χ3n) is 3.89. The quantitative estimate of drug-likeness (QED) is 0.550. The zero-order valence-electron chi connectivity index (χ0n) is 15.5. The second-order valence-electron chi connectivity index (χ2n) is 6.14. The maximum absolute atomic E-state index is 12.5. The number of carbonyl (C=O) groups excluding carboxylic acids is 2. The standard InChI is InChI=1S/C20H19N3O5S/c1-14(24)22-16-7-9-17(10-8-16)23-20(25)15-4-2-6-19(12-15)29(26,27)21-13-18-5-3-11-28-18/h2-12,21H,13H2,1H3,(H,22,24)(H,23,25). The van der Waals surface area contributed by atoms with Gasteiger partial charge in [0.1, 0.15) is 5.76 Å². The molecular formula is C20H19N3O5S. The lowest BCUT2D eigenvalue weighted by molar-refractivity contribution is -0.114. The molecule has 0 radical (unpaired) electrons. The van der Waals surface area contributed by atoms with E-state index in [-0.39, 0.29) is 22.9 Å². The molecule has 0 bridgehead atoms. The van der Waals surface area contributed by atoms with E-state index in [4.69, 9.17) is 4.42 Å². The zero-order valence-corrected chi connectivity index (χ0v) is 16.3. The lowest BCUT2D eigenvalue weighted by atomic mass is 10.2. The number of hydrogen-bond acceptors (Lipinski definition) is 5. The molecule has 0 saturated heterocycles. The Balaban J connectivity index is 1.69. The van der Waals surface area contributed by atoms with Gasteiger partial charge in [-0.3, -0.25) is 9.59 Å². The highest BCUT2D eigenvalue weighted by atomic mass is 32.2. The third kappa shape index (κ3) is 5.53. The molecule has 1 aromatic heterocycles. The highest BCUT2D eigenvalue weighted by Crippen LogP contribution is 2.17. The number of amides is 2. The van der Waals surface area contributed by atoms with Gasteiger partial charge in [0.05, 0.1) is 17.7 Å². The Bertz CT molecular complexity index is 1110. The molecule has 8 nitrogen and oxygen atoms in total. The van der Waals surface area contributed by atoms with Gasteiger partial charge in [-0.05, 0) is 54.6 Å². The van der Waals surface area contributed by atoms with E-state index in [1.54, 1.807) is 36.4 Å². The Morgan fingerprint density at radius 3 is 2.24 bits per heavy atom. The van der Waals surface area contributed by atoms with Crippen LogP contribution in [0.5, 0.6) is 0 Å². The minimum atomic E-state index is -3.81. The summed E-state index contributed by atoms with van der Waals surface area (Å²) in [6.45, 7) is 1.41. The maximum Gasteiger partial charge on any atom is 0.255 e. The fourth-order valence-corrected chi connectivity index (χ4v) is 3.55. The van der Waals surface area contributed by atoms with Crippen molar-refractivity contribution in [2.45, 2.75) is 18.4 Å². The molecular weight excluding hydrogens is 394 g/mol. The number of nitrogens with one attached hydrogen (secondary N) is 3. The Kier molecular flexibility index (Phi) is 6.10. The second kappa shape index (κ2) is 8.72. The van der Waals surface area contributed by atoms with Crippen LogP contribution in [0.25, 0.3) is 0 Å². The van der Waals surface area contributed by atoms with E-state index >= 15 is 0 Å². The van der Waals surface area contributed by atoms with Gasteiger partial charge in [-0.1, -0.05) is 6.07 Å². The topological polar surface area (TPSA) is 118 Å². The molecule has 0 aliphatic rings. The summed E-state index contributed by atoms with van der Waals surface area (Å²) in [5.41, 5.74) is 1.30. The van der Waals surface area contributed by atoms with Gasteiger partial charge in [0.2, 0.25) is 15.9 Å². The van der Waals surface area contributed by atoms with Crippen molar-refractivity contribution in [3.8, 4) is 0 Å². The van der Waals surface area contributed by atoms with Crippen LogP contribution in [0.3, 0.4) is 0 Å². The average Bonchev–Trinajstić information content (AvgIpc) is 3.21. The maximum atomic E-state index is 12.5. The van der Waals surface area contributed by atoms with Crippen molar-refractivity contribution in [2.75, 3.05) is 10.6 Å². The van der Waals surface area contributed by atoms with Crippen molar-refractivity contribution >= 4 is 33.2 Å². The van der Waals surface area contributed by atoms with E-state index in [1.165, 1.54) is 37.5 Å². The van der Waals surface area contributed by atoms with Crippen molar-refractivity contribution in [3.05, 3.63) is 78.3 Å². The van der Waals surface area contributed by atoms with Crippen molar-refractivity contribution in [3.63, 3.8) is 0 Å². The first-order chi connectivity index (χ1) is 13.8. The summed E-state index contributed by atoms with van der Waals surface area (Å²) in [6, 6.07) is 15.6. The highest BCUT2D eigenvalue weighted by Gasteiger charge is 2.17. The van der Waals surface area contributed by atoms with Crippen LogP contribution in [0.4, 0.5) is 11.4 Å². The molecule has 29 heavy (non-hydrogen) atoms. The fourth-order valence-electron chi connectivity index (χ4n) is 2.51. The van der Waals surface area contributed by atoms with Gasteiger partial charge in [-0.2, -0.15) is 0 Å². The number of rotatable bonds is 7. The molecule has 3 rings (SSSR count). The van der Waals surface area contributed by atoms with Crippen LogP contribution >= 0.6 is 0 Å². The van der Waals surface area contributed by atoms with E-state index in [9.17, 15) is 18.0 Å². The number of benzene rings is 2. The predicted molar refractivity (Wildman–Crippen MR) is 108 cm³/mol. The van der Waals surface area contributed by atoms with Crippen LogP contribution in [-0.4, -0.2) is 20.2 Å². The summed E-state index contributed by atoms with van der Waals surface area (Å²) in [5, 5.41) is 5.32. The molecule has 3 aromatic rings. The van der Waals surface area contributed by atoms with Gasteiger partial charge in [0.25, 0.3) is 5.91 Å². The van der Waals surface area contributed by atoms with Crippen LogP contribution in [0, 0.1) is 0 Å². The summed E-state index contributed by atoms with van der Waals surface area (Å²) in [5.74, 6) is -0.175. The minimum Gasteiger partial charge on any atom is -0.468 e. The van der Waals surface area contributed by atoms with Gasteiger partial charge in [-0.15, -0.1) is 0 Å². The lowest BCUT2D eigenvalue weighted by Crippen LogP contribution is -2.23. The molecule has 0 fully saturated rings. The molecule has 2 amide bonds. The fraction of sp³-hybridized carbons (Fsp3) is 0.100. The van der Waals surface area contributed by atoms with Crippen molar-refractivity contribution in [1.82, 2.24) is 4.72 Å². The summed E-state index contributed by atoms with van der Waals surface area (Å²) in [7, 11) is -3.81. The molecule has 3 N–H and O–H groups in total. The molecule has 1 heterocycles. The second-order valence-corrected chi connectivity index (χ2v) is 7.91. The first-order valence-corrected chi connectivity index (χ1v) is 10.1. The largest absolute Gasteiger partial charge is 0.468 e. The van der Waals surface area contributed by atoms with E-state index in [0.717, 1.165) is 0 Å². The predicted octanol–water partition coefficient (Wildman–Crippen LogP) is 2.97. The lowest BCUT2D eigenvalue weighted by Gasteiger charge is -2.09. The van der Waals surface area contributed by atoms with Gasteiger partial charge in [-0.25, -0.2) is 13.1 Å². The SMILES string of the molecule is CC(=O)Nc1ccc(NC(=O)c2cccc(S(=O)(=O)NCc3ccco3)c2)cc1. The number of furan rings is 1. The molecule has 0 spiro atoms. The summed E-state index contributed by atoms with van der Waals surface area (Å²) in [6.07, 6.45) is 1.46. The Labute approximate surface area is 168 Å². The van der Waals surface area contributed by atoms with E-state index in [1.807, 2.05) is 0 Å². The van der Waals surface area contributed by atoms with E-state index < -0.39 is 15.9 Å². The summed E-state index contributed by atoms with van der Waals surface area (Å²) < 4.78 is 32.5. The van der Waals surface area contributed by atoms with Crippen LogP contribution in [0.15, 0.2) is 76.2 Å². The molecule has 0 unspecified atom stereocenters. The Morgan fingerprint density at radius 2 is 1.62 bits per heavy atom.